The molecule has 9 nitrogen and oxygen atoms in total. The van der Waals surface area contributed by atoms with Gasteiger partial charge in [0.15, 0.2) is 0 Å². The molecule has 0 saturated heterocycles. The van der Waals surface area contributed by atoms with Crippen molar-refractivity contribution in [1.29, 1.82) is 5.26 Å². The number of ether oxygens (including phenoxy) is 1. The lowest BCUT2D eigenvalue weighted by atomic mass is 10.1. The Labute approximate surface area is 233 Å². The molecule has 0 radical (unpaired) electrons. The van der Waals surface area contributed by atoms with Crippen LogP contribution in [0.2, 0.25) is 0 Å². The topological polar surface area (TPSA) is 112 Å². The average molecular weight is 616 g/mol. The van der Waals surface area contributed by atoms with Crippen LogP contribution in [-0.2, 0) is 15.7 Å². The van der Waals surface area contributed by atoms with Gasteiger partial charge in [0.2, 0.25) is 0 Å². The van der Waals surface area contributed by atoms with Gasteiger partial charge in [-0.15, -0.1) is 0 Å². The summed E-state index contributed by atoms with van der Waals surface area (Å²) < 4.78 is 49.3. The number of benzene rings is 2. The highest BCUT2D eigenvalue weighted by atomic mass is 79.9. The van der Waals surface area contributed by atoms with Gasteiger partial charge in [0, 0.05) is 12.6 Å². The van der Waals surface area contributed by atoms with Crippen LogP contribution >= 0.6 is 15.9 Å². The molecule has 1 atom stereocenters. The highest BCUT2D eigenvalue weighted by Crippen LogP contribution is 2.33. The van der Waals surface area contributed by atoms with E-state index in [0.717, 1.165) is 21.3 Å². The molecule has 206 valence electrons. The maximum absolute atomic E-state index is 14.0. The highest BCUT2D eigenvalue weighted by molar-refractivity contribution is 9.10. The van der Waals surface area contributed by atoms with Crippen molar-refractivity contribution in [2.24, 2.45) is 0 Å². The lowest BCUT2D eigenvalue weighted by Gasteiger charge is -2.22. The number of carbonyl (C=O) groups excluding carboxylic acids is 1. The summed E-state index contributed by atoms with van der Waals surface area (Å²) in [6.07, 6.45) is -3.25. The summed E-state index contributed by atoms with van der Waals surface area (Å²) in [7, 11) is 0. The van der Waals surface area contributed by atoms with E-state index in [2.05, 4.69) is 21.0 Å². The summed E-state index contributed by atoms with van der Waals surface area (Å²) in [5.41, 5.74) is -1.64. The van der Waals surface area contributed by atoms with Crippen molar-refractivity contribution >= 4 is 21.9 Å². The third kappa shape index (κ3) is 5.35. The van der Waals surface area contributed by atoms with Crippen LogP contribution in [0.15, 0.2) is 68.8 Å². The second-order valence-electron chi connectivity index (χ2n) is 8.86. The number of carbonyl (C=O) groups is 1. The van der Waals surface area contributed by atoms with Gasteiger partial charge in [-0.1, -0.05) is 6.07 Å². The second kappa shape index (κ2) is 11.0. The number of alkyl halides is 3. The molecule has 40 heavy (non-hydrogen) atoms. The standard InChI is InChI=1S/C27H21BrF3N5O4/c1-15(14-40-17(3)37)34-25(38)23(24-22(28)13-33-36(24)20-9-7-18(12-32)8-10-20)16(2)35(26(34)39)21-6-4-5-19(11-21)27(29,30)31/h4-11,13,15H,14H2,1-3H3/t15-/m1/s1. The van der Waals surface area contributed by atoms with Crippen molar-refractivity contribution in [3.63, 3.8) is 0 Å². The van der Waals surface area contributed by atoms with E-state index in [1.807, 2.05) is 6.07 Å². The van der Waals surface area contributed by atoms with E-state index in [0.29, 0.717) is 15.7 Å². The van der Waals surface area contributed by atoms with Gasteiger partial charge in [0.1, 0.15) is 6.61 Å². The van der Waals surface area contributed by atoms with Crippen LogP contribution in [0.1, 0.15) is 36.7 Å². The summed E-state index contributed by atoms with van der Waals surface area (Å²) in [4.78, 5) is 39.1. The Morgan fingerprint density at radius 3 is 2.42 bits per heavy atom. The zero-order chi connectivity index (χ0) is 29.4. The predicted molar refractivity (Wildman–Crippen MR) is 142 cm³/mol. The summed E-state index contributed by atoms with van der Waals surface area (Å²) in [6.45, 7) is 3.77. The van der Waals surface area contributed by atoms with Gasteiger partial charge in [-0.2, -0.15) is 23.5 Å². The molecule has 0 aliphatic heterocycles. The van der Waals surface area contributed by atoms with Crippen molar-refractivity contribution in [3.8, 4) is 28.7 Å². The second-order valence-corrected chi connectivity index (χ2v) is 9.72. The van der Waals surface area contributed by atoms with E-state index in [1.54, 1.807) is 24.3 Å². The van der Waals surface area contributed by atoms with Crippen LogP contribution in [-0.4, -0.2) is 31.5 Å². The third-order valence-corrected chi connectivity index (χ3v) is 6.71. The van der Waals surface area contributed by atoms with Crippen molar-refractivity contribution in [3.05, 3.63) is 96.9 Å². The van der Waals surface area contributed by atoms with Crippen LogP contribution in [0.3, 0.4) is 0 Å². The molecule has 0 saturated carbocycles. The molecule has 0 aliphatic carbocycles. The maximum atomic E-state index is 14.0. The molecule has 4 rings (SSSR count). The molecule has 13 heteroatoms. The molecule has 2 heterocycles. The van der Waals surface area contributed by atoms with E-state index in [-0.39, 0.29) is 29.2 Å². The maximum Gasteiger partial charge on any atom is 0.416 e. The fourth-order valence-corrected chi connectivity index (χ4v) is 4.71. The van der Waals surface area contributed by atoms with Crippen LogP contribution in [0.25, 0.3) is 22.6 Å². The van der Waals surface area contributed by atoms with Crippen LogP contribution in [0.5, 0.6) is 0 Å². The van der Waals surface area contributed by atoms with Gasteiger partial charge in [-0.05, 0) is 72.2 Å². The number of aromatic nitrogens is 4. The average Bonchev–Trinajstić information content (AvgIpc) is 3.28. The van der Waals surface area contributed by atoms with Gasteiger partial charge >= 0.3 is 17.8 Å². The summed E-state index contributed by atoms with van der Waals surface area (Å²) >= 11 is 3.41. The Kier molecular flexibility index (Phi) is 7.84. The van der Waals surface area contributed by atoms with Crippen molar-refractivity contribution in [2.45, 2.75) is 33.0 Å². The number of halogens is 4. The first-order valence-corrected chi connectivity index (χ1v) is 12.6. The first kappa shape index (κ1) is 28.6. The van der Waals surface area contributed by atoms with E-state index < -0.39 is 35.0 Å². The highest BCUT2D eigenvalue weighted by Gasteiger charge is 2.32. The summed E-state index contributed by atoms with van der Waals surface area (Å²) in [6, 6.07) is 11.6. The fraction of sp³-hybridized carbons (Fsp3) is 0.222. The first-order chi connectivity index (χ1) is 18.8. The number of rotatable bonds is 6. The smallest absolute Gasteiger partial charge is 0.416 e. The Morgan fingerprint density at radius 2 is 1.82 bits per heavy atom. The molecule has 0 N–H and O–H groups in total. The molecule has 0 amide bonds. The molecule has 4 aromatic rings. The number of hydrogen-bond donors (Lipinski definition) is 0. The fourth-order valence-electron chi connectivity index (χ4n) is 4.25. The van der Waals surface area contributed by atoms with E-state index in [1.165, 1.54) is 43.8 Å². The SMILES string of the molecule is CC(=O)OC[C@@H](C)n1c(=O)c(-c2c(Br)cnn2-c2ccc(C#N)cc2)c(C)n(-c2cccc(C(F)(F)F)c2)c1=O. The Balaban J connectivity index is 2.07. The molecular weight excluding hydrogens is 595 g/mol. The monoisotopic (exact) mass is 615 g/mol. The predicted octanol–water partition coefficient (Wildman–Crippen LogP) is 4.94. The Morgan fingerprint density at radius 1 is 1.15 bits per heavy atom. The van der Waals surface area contributed by atoms with E-state index in [9.17, 15) is 27.6 Å². The zero-order valence-electron chi connectivity index (χ0n) is 21.4. The van der Waals surface area contributed by atoms with Gasteiger partial charge in [0.25, 0.3) is 5.56 Å². The number of hydrogen-bond acceptors (Lipinski definition) is 6. The Bertz CT molecular complexity index is 1770. The largest absolute Gasteiger partial charge is 0.464 e. The number of nitriles is 1. The molecule has 0 spiro atoms. The first-order valence-electron chi connectivity index (χ1n) is 11.8. The molecule has 2 aromatic carbocycles. The van der Waals surface area contributed by atoms with Crippen molar-refractivity contribution in [2.75, 3.05) is 6.61 Å². The quantitative estimate of drug-likeness (QED) is 0.284. The van der Waals surface area contributed by atoms with E-state index in [4.69, 9.17) is 10.00 Å². The van der Waals surface area contributed by atoms with Crippen LogP contribution in [0, 0.1) is 18.3 Å². The number of esters is 1. The Hall–Kier alpha value is -4.44. The van der Waals surface area contributed by atoms with Crippen molar-refractivity contribution < 1.29 is 22.7 Å². The van der Waals surface area contributed by atoms with Gasteiger partial charge < -0.3 is 4.74 Å². The van der Waals surface area contributed by atoms with E-state index >= 15 is 0 Å². The summed E-state index contributed by atoms with van der Waals surface area (Å²) in [5, 5.41) is 13.5. The minimum absolute atomic E-state index is 0.0274. The van der Waals surface area contributed by atoms with Gasteiger partial charge in [-0.3, -0.25) is 18.7 Å². The van der Waals surface area contributed by atoms with Crippen LogP contribution < -0.4 is 11.2 Å². The summed E-state index contributed by atoms with van der Waals surface area (Å²) in [5.74, 6) is -0.632. The molecule has 0 bridgehead atoms. The lowest BCUT2D eigenvalue weighted by Crippen LogP contribution is -2.44. The molecule has 0 fully saturated rings. The minimum atomic E-state index is -4.68. The minimum Gasteiger partial charge on any atom is -0.464 e. The third-order valence-electron chi connectivity index (χ3n) is 6.13. The van der Waals surface area contributed by atoms with Gasteiger partial charge in [0.05, 0.1) is 56.5 Å². The molecule has 2 aromatic heterocycles. The molecule has 0 unspecified atom stereocenters. The molecule has 0 aliphatic rings. The van der Waals surface area contributed by atoms with Crippen LogP contribution in [0.4, 0.5) is 13.2 Å². The lowest BCUT2D eigenvalue weighted by molar-refractivity contribution is -0.142. The van der Waals surface area contributed by atoms with Crippen molar-refractivity contribution in [1.82, 2.24) is 18.9 Å². The zero-order valence-corrected chi connectivity index (χ0v) is 22.9. The molecular formula is C27H21BrF3N5O4. The normalized spacial score (nSPS) is 12.2. The number of nitrogens with zero attached hydrogens (tertiary/aromatic N) is 5. The van der Waals surface area contributed by atoms with Gasteiger partial charge in [-0.25, -0.2) is 9.48 Å².